The van der Waals surface area contributed by atoms with Crippen molar-refractivity contribution in [3.05, 3.63) is 84.1 Å². The van der Waals surface area contributed by atoms with E-state index in [0.717, 1.165) is 28.1 Å². The Morgan fingerprint density at radius 3 is 2.37 bits per heavy atom. The lowest BCUT2D eigenvalue weighted by Gasteiger charge is -2.10. The van der Waals surface area contributed by atoms with Crippen LogP contribution in [0.25, 0.3) is 11.3 Å². The highest BCUT2D eigenvalue weighted by atomic mass is 16.5. The molecule has 0 radical (unpaired) electrons. The van der Waals surface area contributed by atoms with E-state index in [4.69, 9.17) is 9.47 Å². The number of fused-ring (bicyclic) bond motifs is 7. The summed E-state index contributed by atoms with van der Waals surface area (Å²) < 4.78 is 11.4. The van der Waals surface area contributed by atoms with E-state index in [1.54, 1.807) is 6.20 Å². The van der Waals surface area contributed by atoms with Crippen LogP contribution < -0.4 is 5.32 Å². The van der Waals surface area contributed by atoms with Gasteiger partial charge in [-0.05, 0) is 35.4 Å². The maximum absolute atomic E-state index is 5.72. The molecule has 5 nitrogen and oxygen atoms in total. The summed E-state index contributed by atoms with van der Waals surface area (Å²) in [4.78, 5) is 9.00. The lowest BCUT2D eigenvalue weighted by molar-refractivity contribution is 0.140. The van der Waals surface area contributed by atoms with E-state index in [2.05, 4.69) is 27.4 Å². The van der Waals surface area contributed by atoms with Gasteiger partial charge in [-0.3, -0.25) is 0 Å². The van der Waals surface area contributed by atoms with Gasteiger partial charge in [0.1, 0.15) is 0 Å². The summed E-state index contributed by atoms with van der Waals surface area (Å²) in [5.74, 6) is 0.566. The zero-order valence-corrected chi connectivity index (χ0v) is 15.0. The van der Waals surface area contributed by atoms with E-state index in [0.29, 0.717) is 32.4 Å². The number of hydrogen-bond donors (Lipinski definition) is 1. The van der Waals surface area contributed by atoms with Gasteiger partial charge in [0.25, 0.3) is 0 Å². The summed E-state index contributed by atoms with van der Waals surface area (Å²) >= 11 is 0. The lowest BCUT2D eigenvalue weighted by Crippen LogP contribution is -2.00. The number of rotatable bonds is 0. The number of hydrogen-bond acceptors (Lipinski definition) is 5. The topological polar surface area (TPSA) is 56.3 Å². The van der Waals surface area contributed by atoms with E-state index < -0.39 is 0 Å². The quantitative estimate of drug-likeness (QED) is 0.599. The Morgan fingerprint density at radius 1 is 0.815 bits per heavy atom. The monoisotopic (exact) mass is 359 g/mol. The molecule has 0 aliphatic carbocycles. The fourth-order valence-electron chi connectivity index (χ4n) is 2.89. The molecule has 2 heterocycles. The average molecular weight is 359 g/mol. The molecule has 1 N–H and O–H groups in total. The number of nitrogens with one attached hydrogen (secondary N) is 1. The average Bonchev–Trinajstić information content (AvgIpc) is 2.70. The highest BCUT2D eigenvalue weighted by Crippen LogP contribution is 2.21. The van der Waals surface area contributed by atoms with Gasteiger partial charge in [-0.2, -0.15) is 0 Å². The molecular weight excluding hydrogens is 338 g/mol. The van der Waals surface area contributed by atoms with Crippen molar-refractivity contribution in [3.8, 4) is 11.3 Å². The second kappa shape index (κ2) is 8.58. The van der Waals surface area contributed by atoms with Gasteiger partial charge in [-0.15, -0.1) is 0 Å². The number of ether oxygens (including phenoxy) is 2. The summed E-state index contributed by atoms with van der Waals surface area (Å²) in [6.45, 7) is 2.22. The van der Waals surface area contributed by atoms with Crippen LogP contribution in [0.1, 0.15) is 11.1 Å². The van der Waals surface area contributed by atoms with Gasteiger partial charge in [0.15, 0.2) is 0 Å². The van der Waals surface area contributed by atoms with Crippen LogP contribution in [0.2, 0.25) is 0 Å². The van der Waals surface area contributed by atoms with Gasteiger partial charge in [-0.1, -0.05) is 42.5 Å². The molecule has 136 valence electrons. The molecule has 3 aromatic rings. The number of benzene rings is 2. The Hall–Kier alpha value is -3.02. The zero-order valence-electron chi connectivity index (χ0n) is 15.0. The maximum Gasteiger partial charge on any atom is 0.227 e. The minimum atomic E-state index is 0.548. The summed E-state index contributed by atoms with van der Waals surface area (Å²) in [6, 6.07) is 18.2. The molecule has 1 aliphatic rings. The van der Waals surface area contributed by atoms with Crippen LogP contribution in [0.5, 0.6) is 0 Å². The van der Waals surface area contributed by atoms with Crippen LogP contribution in [0.3, 0.4) is 0 Å². The molecule has 0 amide bonds. The van der Waals surface area contributed by atoms with Gasteiger partial charge in [0, 0.05) is 17.4 Å². The Labute approximate surface area is 158 Å². The van der Waals surface area contributed by atoms with Crippen molar-refractivity contribution in [2.45, 2.75) is 13.2 Å². The van der Waals surface area contributed by atoms with E-state index in [1.165, 1.54) is 0 Å². The first kappa shape index (κ1) is 17.4. The van der Waals surface area contributed by atoms with Crippen molar-refractivity contribution in [1.82, 2.24) is 9.97 Å². The van der Waals surface area contributed by atoms with Crippen molar-refractivity contribution in [3.63, 3.8) is 0 Å². The second-order valence-corrected chi connectivity index (χ2v) is 6.29. The van der Waals surface area contributed by atoms with Crippen LogP contribution >= 0.6 is 0 Å². The van der Waals surface area contributed by atoms with Crippen molar-refractivity contribution >= 4 is 11.6 Å². The SMILES string of the molecule is C1=C/COCc2cccc(c2)-c2ccnc(n2)Nc2cccc(c2)COC/1. The largest absolute Gasteiger partial charge is 0.373 e. The van der Waals surface area contributed by atoms with E-state index in [-0.39, 0.29) is 0 Å². The van der Waals surface area contributed by atoms with Gasteiger partial charge >= 0.3 is 0 Å². The molecule has 0 saturated heterocycles. The standard InChI is InChI=1S/C22H21N3O2/c1-2-12-27-16-18-6-4-8-20(14-18)24-22-23-10-9-21(25-22)19-7-3-5-17(13-19)15-26-11-1/h1-10,13-14H,11-12,15-16H2,(H,23,24,25)/b2-1+. The number of aromatic nitrogens is 2. The molecule has 1 aliphatic heterocycles. The van der Waals surface area contributed by atoms with Crippen LogP contribution in [-0.2, 0) is 22.7 Å². The fourth-order valence-corrected chi connectivity index (χ4v) is 2.89. The molecule has 2 aromatic carbocycles. The first-order valence-electron chi connectivity index (χ1n) is 8.96. The highest BCUT2D eigenvalue weighted by molar-refractivity contribution is 5.62. The van der Waals surface area contributed by atoms with Crippen molar-refractivity contribution in [2.75, 3.05) is 18.5 Å². The van der Waals surface area contributed by atoms with E-state index in [1.807, 2.05) is 54.6 Å². The predicted octanol–water partition coefficient (Wildman–Crippen LogP) is 4.49. The molecule has 4 rings (SSSR count). The van der Waals surface area contributed by atoms with Gasteiger partial charge in [0.2, 0.25) is 5.95 Å². The van der Waals surface area contributed by atoms with E-state index in [9.17, 15) is 0 Å². The van der Waals surface area contributed by atoms with Crippen LogP contribution in [0.15, 0.2) is 72.9 Å². The van der Waals surface area contributed by atoms with Gasteiger partial charge < -0.3 is 14.8 Å². The van der Waals surface area contributed by atoms with Gasteiger partial charge in [0.05, 0.1) is 32.1 Å². The maximum atomic E-state index is 5.72. The summed E-state index contributed by atoms with van der Waals surface area (Å²) in [7, 11) is 0. The van der Waals surface area contributed by atoms with Crippen molar-refractivity contribution in [2.24, 2.45) is 0 Å². The first-order valence-corrected chi connectivity index (χ1v) is 8.96. The third-order valence-corrected chi connectivity index (χ3v) is 4.19. The molecule has 0 atom stereocenters. The van der Waals surface area contributed by atoms with Crippen molar-refractivity contribution < 1.29 is 9.47 Å². The predicted molar refractivity (Wildman–Crippen MR) is 106 cm³/mol. The molecule has 6 bridgehead atoms. The Morgan fingerprint density at radius 2 is 1.56 bits per heavy atom. The summed E-state index contributed by atoms with van der Waals surface area (Å²) in [6.07, 6.45) is 5.74. The molecule has 0 saturated carbocycles. The normalized spacial score (nSPS) is 15.9. The fraction of sp³-hybridized carbons (Fsp3) is 0.182. The zero-order chi connectivity index (χ0) is 18.3. The Balaban J connectivity index is 1.66. The van der Waals surface area contributed by atoms with Crippen LogP contribution in [0, 0.1) is 0 Å². The Bertz CT molecular complexity index is 940. The minimum absolute atomic E-state index is 0.548. The molecular formula is C22H21N3O2. The Kier molecular flexibility index (Phi) is 5.53. The van der Waals surface area contributed by atoms with Gasteiger partial charge in [-0.25, -0.2) is 9.97 Å². The van der Waals surface area contributed by atoms with E-state index >= 15 is 0 Å². The number of nitrogens with zero attached hydrogens (tertiary/aromatic N) is 2. The second-order valence-electron chi connectivity index (χ2n) is 6.29. The minimum Gasteiger partial charge on any atom is -0.373 e. The third-order valence-electron chi connectivity index (χ3n) is 4.19. The lowest BCUT2D eigenvalue weighted by atomic mass is 10.1. The molecule has 1 aromatic heterocycles. The third kappa shape index (κ3) is 4.78. The van der Waals surface area contributed by atoms with Crippen LogP contribution in [0.4, 0.5) is 11.6 Å². The summed E-state index contributed by atoms with van der Waals surface area (Å²) in [5, 5.41) is 3.28. The van der Waals surface area contributed by atoms with Crippen LogP contribution in [-0.4, -0.2) is 23.2 Å². The highest BCUT2D eigenvalue weighted by Gasteiger charge is 2.05. The molecule has 27 heavy (non-hydrogen) atoms. The molecule has 0 unspecified atom stereocenters. The first-order chi connectivity index (χ1) is 13.4. The molecule has 0 fully saturated rings. The molecule has 0 spiro atoms. The smallest absolute Gasteiger partial charge is 0.227 e. The van der Waals surface area contributed by atoms with Crippen molar-refractivity contribution in [1.29, 1.82) is 0 Å². The number of anilines is 2. The summed E-state index contributed by atoms with van der Waals surface area (Å²) in [5.41, 5.74) is 5.05. The molecule has 5 heteroatoms.